The first-order valence-corrected chi connectivity index (χ1v) is 10.5. The second-order valence-electron chi connectivity index (χ2n) is 7.17. The van der Waals surface area contributed by atoms with E-state index < -0.39 is 17.4 Å². The van der Waals surface area contributed by atoms with E-state index in [4.69, 9.17) is 23.2 Å². The molecule has 1 aliphatic heterocycles. The lowest BCUT2D eigenvalue weighted by atomic mass is 9.88. The third kappa shape index (κ3) is 6.56. The number of carbonyl (C=O) groups excluding carboxylic acids is 4. The molecule has 1 saturated heterocycles. The van der Waals surface area contributed by atoms with Crippen LogP contribution in [0.25, 0.3) is 0 Å². The smallest absolute Gasteiger partial charge is 0.307 e. The van der Waals surface area contributed by atoms with E-state index >= 15 is 0 Å². The SMILES string of the molecule is CNC(CCC(=O)N1CCN(c2cc(Cl)cc(Cl)c2)CC1)(CC(=O)OC)C(=O)NC=O. The topological polar surface area (TPSA) is 108 Å². The molecule has 3 amide bonds. The highest BCUT2D eigenvalue weighted by molar-refractivity contribution is 6.35. The number of rotatable bonds is 9. The number of nitrogens with one attached hydrogen (secondary N) is 2. The van der Waals surface area contributed by atoms with Crippen LogP contribution in [0.5, 0.6) is 0 Å². The van der Waals surface area contributed by atoms with E-state index in [1.54, 1.807) is 11.0 Å². The minimum Gasteiger partial charge on any atom is -0.469 e. The largest absolute Gasteiger partial charge is 0.469 e. The average molecular weight is 473 g/mol. The van der Waals surface area contributed by atoms with Crippen molar-refractivity contribution >= 4 is 53.1 Å². The van der Waals surface area contributed by atoms with Crippen molar-refractivity contribution < 1.29 is 23.9 Å². The molecular formula is C20H26Cl2N4O5. The maximum atomic E-state index is 12.8. The Hall–Kier alpha value is -2.36. The number of hydrogen-bond acceptors (Lipinski definition) is 7. The maximum absolute atomic E-state index is 12.8. The second kappa shape index (κ2) is 11.3. The van der Waals surface area contributed by atoms with Crippen molar-refractivity contribution in [2.24, 2.45) is 0 Å². The molecular weight excluding hydrogens is 447 g/mol. The van der Waals surface area contributed by atoms with Gasteiger partial charge in [-0.25, -0.2) is 0 Å². The zero-order valence-corrected chi connectivity index (χ0v) is 19.0. The van der Waals surface area contributed by atoms with Gasteiger partial charge in [-0.3, -0.25) is 24.5 Å². The Kier molecular flexibility index (Phi) is 9.09. The number of methoxy groups -OCH3 is 1. The van der Waals surface area contributed by atoms with E-state index in [1.165, 1.54) is 14.2 Å². The van der Waals surface area contributed by atoms with Crippen LogP contribution in [0.2, 0.25) is 10.0 Å². The van der Waals surface area contributed by atoms with Crippen molar-refractivity contribution in [3.05, 3.63) is 28.2 Å². The van der Waals surface area contributed by atoms with Crippen LogP contribution in [-0.2, 0) is 23.9 Å². The van der Waals surface area contributed by atoms with Crippen LogP contribution in [0.3, 0.4) is 0 Å². The molecule has 0 aliphatic carbocycles. The Morgan fingerprint density at radius 1 is 1.13 bits per heavy atom. The van der Waals surface area contributed by atoms with E-state index in [1.807, 2.05) is 12.1 Å². The van der Waals surface area contributed by atoms with E-state index in [0.717, 1.165) is 5.69 Å². The molecule has 31 heavy (non-hydrogen) atoms. The Morgan fingerprint density at radius 2 is 1.74 bits per heavy atom. The highest BCUT2D eigenvalue weighted by Crippen LogP contribution is 2.26. The van der Waals surface area contributed by atoms with Crippen LogP contribution in [0, 0.1) is 0 Å². The number of piperazine rings is 1. The third-order valence-electron chi connectivity index (χ3n) is 5.39. The molecule has 0 radical (unpaired) electrons. The summed E-state index contributed by atoms with van der Waals surface area (Å²) in [7, 11) is 2.70. The number of ether oxygens (including phenoxy) is 1. The van der Waals surface area contributed by atoms with Crippen LogP contribution < -0.4 is 15.5 Å². The molecule has 1 aromatic rings. The van der Waals surface area contributed by atoms with Gasteiger partial charge < -0.3 is 19.9 Å². The van der Waals surface area contributed by atoms with Crippen molar-refractivity contribution in [1.82, 2.24) is 15.5 Å². The van der Waals surface area contributed by atoms with Gasteiger partial charge in [0, 0.05) is 48.3 Å². The molecule has 1 fully saturated rings. The van der Waals surface area contributed by atoms with Crippen LogP contribution >= 0.6 is 23.2 Å². The van der Waals surface area contributed by atoms with Gasteiger partial charge in [0.1, 0.15) is 5.54 Å². The summed E-state index contributed by atoms with van der Waals surface area (Å²) in [6.07, 6.45) is -0.0145. The van der Waals surface area contributed by atoms with Gasteiger partial charge in [-0.1, -0.05) is 23.2 Å². The molecule has 0 bridgehead atoms. The van der Waals surface area contributed by atoms with E-state index in [2.05, 4.69) is 20.3 Å². The number of benzene rings is 1. The summed E-state index contributed by atoms with van der Waals surface area (Å²) >= 11 is 12.1. The maximum Gasteiger partial charge on any atom is 0.307 e. The van der Waals surface area contributed by atoms with Crippen LogP contribution in [0.15, 0.2) is 18.2 Å². The van der Waals surface area contributed by atoms with Crippen LogP contribution in [-0.4, -0.2) is 75.0 Å². The summed E-state index contributed by atoms with van der Waals surface area (Å²) in [5, 5.41) is 5.94. The predicted molar refractivity (Wildman–Crippen MR) is 117 cm³/mol. The highest BCUT2D eigenvalue weighted by atomic mass is 35.5. The fourth-order valence-electron chi connectivity index (χ4n) is 3.53. The Morgan fingerprint density at radius 3 is 2.26 bits per heavy atom. The fraction of sp³-hybridized carbons (Fsp3) is 0.500. The molecule has 1 aromatic carbocycles. The third-order valence-corrected chi connectivity index (χ3v) is 5.82. The van der Waals surface area contributed by atoms with Crippen molar-refractivity contribution in [3.63, 3.8) is 0 Å². The average Bonchev–Trinajstić information content (AvgIpc) is 2.75. The first kappa shape index (κ1) is 24.9. The quantitative estimate of drug-likeness (QED) is 0.410. The molecule has 0 aromatic heterocycles. The molecule has 2 N–H and O–H groups in total. The minimum absolute atomic E-state index is 0.0209. The Bertz CT molecular complexity index is 810. The summed E-state index contributed by atoms with van der Waals surface area (Å²) in [5.74, 6) is -1.46. The van der Waals surface area contributed by atoms with Crippen LogP contribution in [0.1, 0.15) is 19.3 Å². The Labute approximate surface area is 191 Å². The van der Waals surface area contributed by atoms with Crippen molar-refractivity contribution in [1.29, 1.82) is 0 Å². The van der Waals surface area contributed by atoms with Gasteiger partial charge in [-0.05, 0) is 31.7 Å². The number of imide groups is 1. The molecule has 11 heteroatoms. The highest BCUT2D eigenvalue weighted by Gasteiger charge is 2.40. The summed E-state index contributed by atoms with van der Waals surface area (Å²) < 4.78 is 4.66. The number of carbonyl (C=O) groups is 4. The van der Waals surface area contributed by atoms with Gasteiger partial charge in [0.2, 0.25) is 18.2 Å². The lowest BCUT2D eigenvalue weighted by Crippen LogP contribution is -2.57. The van der Waals surface area contributed by atoms with Crippen molar-refractivity contribution in [3.8, 4) is 0 Å². The zero-order valence-electron chi connectivity index (χ0n) is 17.5. The second-order valence-corrected chi connectivity index (χ2v) is 8.04. The molecule has 1 unspecified atom stereocenters. The number of anilines is 1. The van der Waals surface area contributed by atoms with Crippen molar-refractivity contribution in [2.75, 3.05) is 45.2 Å². The monoisotopic (exact) mass is 472 g/mol. The molecule has 2 rings (SSSR count). The lowest BCUT2D eigenvalue weighted by molar-refractivity contribution is -0.147. The molecule has 1 heterocycles. The van der Waals surface area contributed by atoms with E-state index in [-0.39, 0.29) is 31.6 Å². The predicted octanol–water partition coefficient (Wildman–Crippen LogP) is 1.22. The number of amides is 3. The van der Waals surface area contributed by atoms with Gasteiger partial charge >= 0.3 is 5.97 Å². The van der Waals surface area contributed by atoms with E-state index in [0.29, 0.717) is 36.2 Å². The summed E-state index contributed by atoms with van der Waals surface area (Å²) in [4.78, 5) is 51.5. The normalized spacial score (nSPS) is 15.7. The zero-order chi connectivity index (χ0) is 23.0. The number of halogens is 2. The molecule has 1 atom stereocenters. The lowest BCUT2D eigenvalue weighted by Gasteiger charge is -2.37. The van der Waals surface area contributed by atoms with Gasteiger partial charge in [-0.2, -0.15) is 0 Å². The molecule has 9 nitrogen and oxygen atoms in total. The number of nitrogens with zero attached hydrogens (tertiary/aromatic N) is 2. The number of hydrogen-bond donors (Lipinski definition) is 2. The number of esters is 1. The van der Waals surface area contributed by atoms with Gasteiger partial charge in [0.05, 0.1) is 13.5 Å². The molecule has 0 spiro atoms. The molecule has 170 valence electrons. The minimum atomic E-state index is -1.43. The first-order valence-electron chi connectivity index (χ1n) is 9.74. The summed E-state index contributed by atoms with van der Waals surface area (Å²) in [6.45, 7) is 2.20. The fourth-order valence-corrected chi connectivity index (χ4v) is 4.05. The Balaban J connectivity index is 1.99. The van der Waals surface area contributed by atoms with E-state index in [9.17, 15) is 19.2 Å². The number of likely N-dealkylation sites (N-methyl/N-ethyl adjacent to an activating group) is 1. The van der Waals surface area contributed by atoms with Gasteiger partial charge in [0.25, 0.3) is 0 Å². The molecule has 1 aliphatic rings. The standard InChI is InChI=1S/C20H26Cl2N4O5/c1-23-20(12-18(29)31-2,19(30)24-13-27)4-3-17(28)26-7-5-25(6-8-26)16-10-14(21)9-15(22)11-16/h9-11,13,23H,3-8,12H2,1-2H3,(H,24,27,30). The van der Waals surface area contributed by atoms with Crippen LogP contribution in [0.4, 0.5) is 5.69 Å². The summed E-state index contributed by atoms with van der Waals surface area (Å²) in [6, 6.07) is 5.31. The van der Waals surface area contributed by atoms with Gasteiger partial charge in [0.15, 0.2) is 0 Å². The first-order chi connectivity index (χ1) is 14.7. The summed E-state index contributed by atoms with van der Waals surface area (Å²) in [5.41, 5.74) is -0.536. The van der Waals surface area contributed by atoms with Gasteiger partial charge in [-0.15, -0.1) is 0 Å². The van der Waals surface area contributed by atoms with Crippen molar-refractivity contribution in [2.45, 2.75) is 24.8 Å². The molecule has 0 saturated carbocycles.